The van der Waals surface area contributed by atoms with Crippen LogP contribution >= 0.6 is 0 Å². The van der Waals surface area contributed by atoms with Crippen LogP contribution in [0.1, 0.15) is 25.1 Å². The standard InChI is InChI=1S/C13H19N5O4.CH2O2/c1-17-7-13(22-12(17)21)5-2-6-18(8-13)10(19)4-3-9-14-11(20)16-15-9;2-1-3/h2-8H2,1H3,(H2,14,15,16,20);1H,(H,2,3). The quantitative estimate of drug-likeness (QED) is 0.599. The molecule has 0 radical (unpaired) electrons. The summed E-state index contributed by atoms with van der Waals surface area (Å²) < 4.78 is 5.48. The Morgan fingerprint density at radius 1 is 1.44 bits per heavy atom. The number of ether oxygens (including phenoxy) is 1. The zero-order chi connectivity index (χ0) is 18.4. The highest BCUT2D eigenvalue weighted by Crippen LogP contribution is 2.31. The lowest BCUT2D eigenvalue weighted by atomic mass is 9.92. The Bertz CT molecular complexity index is 685. The van der Waals surface area contributed by atoms with E-state index in [2.05, 4.69) is 15.2 Å². The molecule has 1 aromatic heterocycles. The van der Waals surface area contributed by atoms with Crippen molar-refractivity contribution in [1.82, 2.24) is 25.0 Å². The second-order valence-corrected chi connectivity index (χ2v) is 6.06. The number of hydrogen-bond acceptors (Lipinski definition) is 6. The van der Waals surface area contributed by atoms with Gasteiger partial charge in [-0.05, 0) is 12.8 Å². The van der Waals surface area contributed by atoms with Crippen molar-refractivity contribution in [2.24, 2.45) is 0 Å². The number of hydrogen-bond donors (Lipinski definition) is 3. The number of carbonyl (C=O) groups is 3. The molecule has 2 aliphatic heterocycles. The molecule has 1 atom stereocenters. The summed E-state index contributed by atoms with van der Waals surface area (Å²) in [7, 11) is 1.70. The van der Waals surface area contributed by atoms with Gasteiger partial charge in [0.2, 0.25) is 5.91 Å². The first-order valence-corrected chi connectivity index (χ1v) is 7.82. The molecular formula is C14H21N5O6. The van der Waals surface area contributed by atoms with E-state index in [0.29, 0.717) is 31.9 Å². The highest BCUT2D eigenvalue weighted by atomic mass is 16.6. The molecule has 2 saturated heterocycles. The molecule has 2 aliphatic rings. The Balaban J connectivity index is 0.000000701. The van der Waals surface area contributed by atoms with Gasteiger partial charge < -0.3 is 19.6 Å². The lowest BCUT2D eigenvalue weighted by molar-refractivity contribution is -0.136. The van der Waals surface area contributed by atoms with E-state index in [1.54, 1.807) is 16.8 Å². The molecule has 1 unspecified atom stereocenters. The average Bonchev–Trinajstić information content (AvgIpc) is 3.09. The van der Waals surface area contributed by atoms with Crippen molar-refractivity contribution >= 4 is 18.5 Å². The normalized spacial score (nSPS) is 22.4. The van der Waals surface area contributed by atoms with E-state index in [1.807, 2.05) is 0 Å². The third-order valence-electron chi connectivity index (χ3n) is 4.16. The molecule has 0 aliphatic carbocycles. The Labute approximate surface area is 142 Å². The van der Waals surface area contributed by atoms with E-state index in [0.717, 1.165) is 12.8 Å². The van der Waals surface area contributed by atoms with Gasteiger partial charge in [0.05, 0.1) is 13.1 Å². The number of likely N-dealkylation sites (N-methyl/N-ethyl adjacent to an activating group) is 1. The maximum absolute atomic E-state index is 12.3. The monoisotopic (exact) mass is 355 g/mol. The first-order chi connectivity index (χ1) is 11.9. The number of piperidine rings is 1. The van der Waals surface area contributed by atoms with Gasteiger partial charge in [0.25, 0.3) is 6.47 Å². The van der Waals surface area contributed by atoms with Crippen LogP contribution in [0.2, 0.25) is 0 Å². The van der Waals surface area contributed by atoms with Gasteiger partial charge in [-0.25, -0.2) is 14.7 Å². The molecule has 138 valence electrons. The van der Waals surface area contributed by atoms with Crippen LogP contribution in [0.5, 0.6) is 0 Å². The molecule has 3 N–H and O–H groups in total. The number of aryl methyl sites for hydroxylation is 1. The summed E-state index contributed by atoms with van der Waals surface area (Å²) in [6, 6.07) is 0. The summed E-state index contributed by atoms with van der Waals surface area (Å²) in [5.41, 5.74) is -0.944. The number of carboxylic acid groups (broad SMARTS) is 1. The molecule has 2 amide bonds. The number of H-pyrrole nitrogens is 2. The molecule has 25 heavy (non-hydrogen) atoms. The molecular weight excluding hydrogens is 334 g/mol. The van der Waals surface area contributed by atoms with Gasteiger partial charge >= 0.3 is 11.8 Å². The number of likely N-dealkylation sites (tertiary alicyclic amines) is 1. The molecule has 3 heterocycles. The second kappa shape index (κ2) is 7.81. The van der Waals surface area contributed by atoms with Crippen LogP contribution in [-0.4, -0.2) is 80.8 Å². The summed E-state index contributed by atoms with van der Waals surface area (Å²) in [6.45, 7) is 1.36. The zero-order valence-electron chi connectivity index (χ0n) is 13.9. The third kappa shape index (κ3) is 4.58. The average molecular weight is 355 g/mol. The fraction of sp³-hybridized carbons (Fsp3) is 0.643. The van der Waals surface area contributed by atoms with Crippen molar-refractivity contribution in [1.29, 1.82) is 0 Å². The number of nitrogens with one attached hydrogen (secondary N) is 2. The van der Waals surface area contributed by atoms with Gasteiger partial charge in [-0.15, -0.1) is 0 Å². The predicted octanol–water partition coefficient (Wildman–Crippen LogP) is -0.825. The molecule has 11 nitrogen and oxygen atoms in total. The van der Waals surface area contributed by atoms with Crippen LogP contribution in [0.15, 0.2) is 4.79 Å². The molecule has 0 aromatic carbocycles. The summed E-state index contributed by atoms with van der Waals surface area (Å²) >= 11 is 0. The van der Waals surface area contributed by atoms with Crippen LogP contribution in [0, 0.1) is 0 Å². The Morgan fingerprint density at radius 3 is 2.72 bits per heavy atom. The van der Waals surface area contributed by atoms with Gasteiger partial charge in [-0.3, -0.25) is 14.6 Å². The van der Waals surface area contributed by atoms with Gasteiger partial charge in [-0.2, -0.15) is 5.10 Å². The van der Waals surface area contributed by atoms with Gasteiger partial charge in [0.1, 0.15) is 11.4 Å². The van der Waals surface area contributed by atoms with E-state index in [-0.39, 0.29) is 30.6 Å². The van der Waals surface area contributed by atoms with Crippen molar-refractivity contribution in [3.63, 3.8) is 0 Å². The first-order valence-electron chi connectivity index (χ1n) is 7.82. The molecule has 0 saturated carbocycles. The lowest BCUT2D eigenvalue weighted by Gasteiger charge is -2.38. The molecule has 2 fully saturated rings. The Hall–Kier alpha value is -2.85. The maximum atomic E-state index is 12.3. The molecule has 3 rings (SSSR count). The summed E-state index contributed by atoms with van der Waals surface area (Å²) in [5, 5.41) is 12.9. The fourth-order valence-electron chi connectivity index (χ4n) is 3.12. The molecule has 1 spiro atoms. The fourth-order valence-corrected chi connectivity index (χ4v) is 3.12. The van der Waals surface area contributed by atoms with Crippen LogP contribution in [0.25, 0.3) is 0 Å². The van der Waals surface area contributed by atoms with Crippen LogP contribution in [-0.2, 0) is 20.7 Å². The van der Waals surface area contributed by atoms with E-state index < -0.39 is 5.60 Å². The van der Waals surface area contributed by atoms with Crippen LogP contribution in [0.3, 0.4) is 0 Å². The van der Waals surface area contributed by atoms with Crippen molar-refractivity contribution in [2.45, 2.75) is 31.3 Å². The number of nitrogens with zero attached hydrogens (tertiary/aromatic N) is 3. The summed E-state index contributed by atoms with van der Waals surface area (Å²) in [5.74, 6) is 0.450. The van der Waals surface area contributed by atoms with E-state index in [4.69, 9.17) is 14.6 Å². The van der Waals surface area contributed by atoms with E-state index in [1.165, 1.54) is 0 Å². The molecule has 1 aromatic rings. The number of rotatable bonds is 3. The minimum Gasteiger partial charge on any atom is -0.483 e. The highest BCUT2D eigenvalue weighted by molar-refractivity contribution is 5.77. The van der Waals surface area contributed by atoms with Gasteiger partial charge in [0, 0.05) is 26.4 Å². The zero-order valence-corrected chi connectivity index (χ0v) is 13.9. The SMILES string of the molecule is CN1CC2(CCCN(C(=O)CCc3n[nH]c(=O)[nH]3)C2)OC1=O.O=CO. The van der Waals surface area contributed by atoms with E-state index >= 15 is 0 Å². The smallest absolute Gasteiger partial charge is 0.410 e. The topological polar surface area (TPSA) is 149 Å². The summed E-state index contributed by atoms with van der Waals surface area (Å²) in [6.07, 6.45) is 1.90. The van der Waals surface area contributed by atoms with Crippen molar-refractivity contribution in [2.75, 3.05) is 26.7 Å². The second-order valence-electron chi connectivity index (χ2n) is 6.06. The maximum Gasteiger partial charge on any atom is 0.410 e. The van der Waals surface area contributed by atoms with Gasteiger partial charge in [-0.1, -0.05) is 0 Å². The highest BCUT2D eigenvalue weighted by Gasteiger charge is 2.47. The van der Waals surface area contributed by atoms with Gasteiger partial charge in [0.15, 0.2) is 0 Å². The number of carbonyl (C=O) groups excluding carboxylic acids is 2. The Morgan fingerprint density at radius 2 is 2.16 bits per heavy atom. The minimum atomic E-state index is -0.569. The minimum absolute atomic E-state index is 0.0199. The first kappa shape index (κ1) is 18.5. The van der Waals surface area contributed by atoms with Crippen molar-refractivity contribution < 1.29 is 24.2 Å². The Kier molecular flexibility index (Phi) is 5.78. The van der Waals surface area contributed by atoms with E-state index in [9.17, 15) is 14.4 Å². The van der Waals surface area contributed by atoms with Crippen LogP contribution < -0.4 is 5.69 Å². The van der Waals surface area contributed by atoms with Crippen molar-refractivity contribution in [3.05, 3.63) is 16.3 Å². The number of amides is 2. The summed E-state index contributed by atoms with van der Waals surface area (Å²) in [4.78, 5) is 49.0. The largest absolute Gasteiger partial charge is 0.483 e. The van der Waals surface area contributed by atoms with Crippen LogP contribution in [0.4, 0.5) is 4.79 Å². The van der Waals surface area contributed by atoms with Crippen molar-refractivity contribution in [3.8, 4) is 0 Å². The number of aromatic nitrogens is 3. The molecule has 0 bridgehead atoms. The lowest BCUT2D eigenvalue weighted by Crippen LogP contribution is -2.52. The predicted molar refractivity (Wildman–Crippen MR) is 83.9 cm³/mol. The third-order valence-corrected chi connectivity index (χ3v) is 4.16. The molecule has 11 heteroatoms. The number of aromatic amines is 2.